The zero-order valence-electron chi connectivity index (χ0n) is 8.30. The lowest BCUT2D eigenvalue weighted by atomic mass is 9.79. The Hall–Kier alpha value is -1.89. The van der Waals surface area contributed by atoms with E-state index in [0.29, 0.717) is 0 Å². The topological polar surface area (TPSA) is 12.4 Å². The average Bonchev–Trinajstić information content (AvgIpc) is 2.47. The SMILES string of the molecule is C1=CC=C2C=CC=NC23C=CC=CC3=C1. The van der Waals surface area contributed by atoms with Crippen molar-refractivity contribution in [1.29, 1.82) is 0 Å². The third-order valence-electron chi connectivity index (χ3n) is 2.91. The number of dihydropyridines is 1. The molecule has 0 saturated heterocycles. The molecule has 1 spiro atoms. The van der Waals surface area contributed by atoms with Gasteiger partial charge in [-0.15, -0.1) is 0 Å². The maximum atomic E-state index is 4.64. The van der Waals surface area contributed by atoms with Gasteiger partial charge < -0.3 is 0 Å². The Morgan fingerprint density at radius 1 is 0.800 bits per heavy atom. The lowest BCUT2D eigenvalue weighted by Gasteiger charge is -2.32. The Balaban J connectivity index is 2.27. The van der Waals surface area contributed by atoms with E-state index in [9.17, 15) is 0 Å². The van der Waals surface area contributed by atoms with Gasteiger partial charge in [-0.05, 0) is 23.3 Å². The predicted octanol–water partition coefficient (Wildman–Crippen LogP) is 2.91. The highest BCUT2D eigenvalue weighted by molar-refractivity contribution is 5.79. The van der Waals surface area contributed by atoms with Crippen LogP contribution in [0.2, 0.25) is 0 Å². The summed E-state index contributed by atoms with van der Waals surface area (Å²) in [4.78, 5) is 4.64. The second-order valence-electron chi connectivity index (χ2n) is 3.75. The standard InChI is InChI=1S/C14H11N/c1-2-7-13-9-5-11-15-14(13)10-4-3-8-12(14)6-1/h1-11H. The van der Waals surface area contributed by atoms with Gasteiger partial charge in [-0.1, -0.05) is 48.6 Å². The van der Waals surface area contributed by atoms with E-state index in [4.69, 9.17) is 0 Å². The van der Waals surface area contributed by atoms with Crippen LogP contribution in [-0.4, -0.2) is 11.8 Å². The number of hydrogen-bond donors (Lipinski definition) is 0. The van der Waals surface area contributed by atoms with Crippen molar-refractivity contribution in [2.24, 2.45) is 4.99 Å². The van der Waals surface area contributed by atoms with Crippen LogP contribution in [0.25, 0.3) is 0 Å². The summed E-state index contributed by atoms with van der Waals surface area (Å²) in [6, 6.07) is 0. The van der Waals surface area contributed by atoms with E-state index in [0.717, 1.165) is 0 Å². The molecule has 0 aromatic rings. The fraction of sp³-hybridized carbons (Fsp3) is 0.0714. The molecular formula is C14H11N. The van der Waals surface area contributed by atoms with Crippen LogP contribution < -0.4 is 0 Å². The molecule has 1 unspecified atom stereocenters. The summed E-state index contributed by atoms with van der Waals surface area (Å²) in [7, 11) is 0. The Bertz CT molecular complexity index is 447. The van der Waals surface area contributed by atoms with Crippen LogP contribution in [-0.2, 0) is 0 Å². The fourth-order valence-corrected chi connectivity index (χ4v) is 2.15. The van der Waals surface area contributed by atoms with Crippen LogP contribution in [0.3, 0.4) is 0 Å². The minimum absolute atomic E-state index is 0.271. The molecule has 0 radical (unpaired) electrons. The van der Waals surface area contributed by atoms with Crippen molar-refractivity contribution in [2.45, 2.75) is 5.54 Å². The molecule has 1 aliphatic heterocycles. The molecule has 1 heterocycles. The van der Waals surface area contributed by atoms with Crippen LogP contribution in [0.15, 0.2) is 76.9 Å². The third kappa shape index (κ3) is 1.13. The molecule has 2 aliphatic carbocycles. The molecule has 1 nitrogen and oxygen atoms in total. The molecule has 0 saturated carbocycles. The van der Waals surface area contributed by atoms with Gasteiger partial charge in [0.2, 0.25) is 0 Å². The van der Waals surface area contributed by atoms with E-state index >= 15 is 0 Å². The van der Waals surface area contributed by atoms with Crippen molar-refractivity contribution in [3.8, 4) is 0 Å². The highest BCUT2D eigenvalue weighted by Crippen LogP contribution is 2.38. The molecule has 3 aliphatic rings. The van der Waals surface area contributed by atoms with Gasteiger partial charge in [0, 0.05) is 6.21 Å². The summed E-state index contributed by atoms with van der Waals surface area (Å²) in [6.45, 7) is 0. The second kappa shape index (κ2) is 3.06. The third-order valence-corrected chi connectivity index (χ3v) is 2.91. The van der Waals surface area contributed by atoms with Crippen LogP contribution in [0.5, 0.6) is 0 Å². The van der Waals surface area contributed by atoms with Gasteiger partial charge in [0.15, 0.2) is 0 Å². The van der Waals surface area contributed by atoms with Gasteiger partial charge in [0.1, 0.15) is 5.54 Å². The molecule has 0 fully saturated rings. The Kier molecular flexibility index (Phi) is 1.72. The smallest absolute Gasteiger partial charge is 0.129 e. The number of allylic oxidation sites excluding steroid dienone is 7. The molecule has 1 heteroatoms. The zero-order chi connectivity index (χ0) is 10.1. The molecule has 3 rings (SSSR count). The minimum atomic E-state index is -0.271. The van der Waals surface area contributed by atoms with Crippen molar-refractivity contribution in [2.75, 3.05) is 0 Å². The highest BCUT2D eigenvalue weighted by atomic mass is 14.9. The summed E-state index contributed by atoms with van der Waals surface area (Å²) in [5.41, 5.74) is 2.18. The highest BCUT2D eigenvalue weighted by Gasteiger charge is 2.34. The van der Waals surface area contributed by atoms with Crippen LogP contribution in [0.1, 0.15) is 0 Å². The van der Waals surface area contributed by atoms with E-state index in [1.54, 1.807) is 0 Å². The normalized spacial score (nSPS) is 30.4. The van der Waals surface area contributed by atoms with E-state index in [2.05, 4.69) is 59.7 Å². The van der Waals surface area contributed by atoms with Crippen molar-refractivity contribution < 1.29 is 0 Å². The second-order valence-corrected chi connectivity index (χ2v) is 3.75. The first-order chi connectivity index (χ1) is 7.42. The maximum Gasteiger partial charge on any atom is 0.129 e. The number of nitrogens with zero attached hydrogens (tertiary/aromatic N) is 1. The lowest BCUT2D eigenvalue weighted by molar-refractivity contribution is 0.752. The van der Waals surface area contributed by atoms with Gasteiger partial charge in [-0.25, -0.2) is 0 Å². The minimum Gasteiger partial charge on any atom is -0.273 e. The first-order valence-corrected chi connectivity index (χ1v) is 5.09. The fourth-order valence-electron chi connectivity index (χ4n) is 2.15. The summed E-state index contributed by atoms with van der Waals surface area (Å²) in [5, 5.41) is 0. The molecule has 1 atom stereocenters. The van der Waals surface area contributed by atoms with Gasteiger partial charge in [-0.3, -0.25) is 4.99 Å². The van der Waals surface area contributed by atoms with Crippen LogP contribution >= 0.6 is 0 Å². The molecule has 0 N–H and O–H groups in total. The quantitative estimate of drug-likeness (QED) is 0.561. The monoisotopic (exact) mass is 193 g/mol. The van der Waals surface area contributed by atoms with Gasteiger partial charge in [0.25, 0.3) is 0 Å². The van der Waals surface area contributed by atoms with E-state index in [1.807, 2.05) is 12.3 Å². The molecule has 72 valence electrons. The van der Waals surface area contributed by atoms with Crippen LogP contribution in [0.4, 0.5) is 0 Å². The van der Waals surface area contributed by atoms with Crippen molar-refractivity contribution in [1.82, 2.24) is 0 Å². The molecule has 0 aromatic carbocycles. The lowest BCUT2D eigenvalue weighted by Crippen LogP contribution is -2.30. The molecule has 0 amide bonds. The molecule has 0 bridgehead atoms. The van der Waals surface area contributed by atoms with Gasteiger partial charge in [0.05, 0.1) is 0 Å². The molecular weight excluding hydrogens is 182 g/mol. The van der Waals surface area contributed by atoms with Crippen LogP contribution in [0, 0.1) is 0 Å². The Morgan fingerprint density at radius 3 is 2.33 bits per heavy atom. The summed E-state index contributed by atoms with van der Waals surface area (Å²) in [5.74, 6) is 0. The van der Waals surface area contributed by atoms with Gasteiger partial charge in [-0.2, -0.15) is 0 Å². The number of aliphatic imine (C=N–C) groups is 1. The Morgan fingerprint density at radius 2 is 1.53 bits per heavy atom. The predicted molar refractivity (Wildman–Crippen MR) is 63.9 cm³/mol. The Labute approximate surface area is 89.2 Å². The van der Waals surface area contributed by atoms with Crippen molar-refractivity contribution in [3.63, 3.8) is 0 Å². The first kappa shape index (κ1) is 8.42. The van der Waals surface area contributed by atoms with E-state index < -0.39 is 0 Å². The maximum absolute atomic E-state index is 4.64. The van der Waals surface area contributed by atoms with E-state index in [1.165, 1.54) is 11.1 Å². The summed E-state index contributed by atoms with van der Waals surface area (Å²) >= 11 is 0. The van der Waals surface area contributed by atoms with Crippen molar-refractivity contribution in [3.05, 3.63) is 71.9 Å². The number of rotatable bonds is 0. The van der Waals surface area contributed by atoms with E-state index in [-0.39, 0.29) is 5.54 Å². The zero-order valence-corrected chi connectivity index (χ0v) is 8.30. The van der Waals surface area contributed by atoms with Gasteiger partial charge >= 0.3 is 0 Å². The van der Waals surface area contributed by atoms with Crippen molar-refractivity contribution >= 4 is 6.21 Å². The number of hydrogen-bond acceptors (Lipinski definition) is 1. The first-order valence-electron chi connectivity index (χ1n) is 5.09. The molecule has 15 heavy (non-hydrogen) atoms. The average molecular weight is 193 g/mol. The largest absolute Gasteiger partial charge is 0.273 e. The molecule has 0 aromatic heterocycles. The summed E-state index contributed by atoms with van der Waals surface area (Å²) in [6.07, 6.45) is 22.8. The summed E-state index contributed by atoms with van der Waals surface area (Å²) < 4.78 is 0.